The maximum atomic E-state index is 4.12. The topological polar surface area (TPSA) is 40.7 Å². The van der Waals surface area contributed by atoms with E-state index >= 15 is 0 Å². The molecule has 1 aromatic rings. The Balaban J connectivity index is 1.50. The van der Waals surface area contributed by atoms with Crippen LogP contribution in [0.25, 0.3) is 0 Å². The highest BCUT2D eigenvalue weighted by Gasteiger charge is 2.21. The zero-order valence-electron chi connectivity index (χ0n) is 9.84. The van der Waals surface area contributed by atoms with Gasteiger partial charge in [0.1, 0.15) is 0 Å². The van der Waals surface area contributed by atoms with Gasteiger partial charge in [0, 0.05) is 11.7 Å². The van der Waals surface area contributed by atoms with E-state index in [1.807, 2.05) is 6.20 Å². The van der Waals surface area contributed by atoms with E-state index in [0.29, 0.717) is 6.04 Å². The van der Waals surface area contributed by atoms with Gasteiger partial charge in [-0.3, -0.25) is 5.10 Å². The summed E-state index contributed by atoms with van der Waals surface area (Å²) in [4.78, 5) is 0. The molecule has 1 unspecified atom stereocenters. The van der Waals surface area contributed by atoms with Crippen LogP contribution >= 0.6 is 0 Å². The number of aryl methyl sites for hydroxylation is 1. The molecule has 0 radical (unpaired) electrons. The van der Waals surface area contributed by atoms with Crippen LogP contribution in [-0.4, -0.2) is 22.8 Å². The minimum absolute atomic E-state index is 0.686. The Morgan fingerprint density at radius 1 is 1.31 bits per heavy atom. The lowest BCUT2D eigenvalue weighted by atomic mass is 9.93. The number of hydrogen-bond donors (Lipinski definition) is 2. The van der Waals surface area contributed by atoms with Gasteiger partial charge < -0.3 is 5.32 Å². The van der Waals surface area contributed by atoms with Crippen molar-refractivity contribution in [1.29, 1.82) is 0 Å². The van der Waals surface area contributed by atoms with Crippen molar-refractivity contribution in [2.75, 3.05) is 6.54 Å². The summed E-state index contributed by atoms with van der Waals surface area (Å²) in [5.74, 6) is 0.950. The molecule has 0 bridgehead atoms. The van der Waals surface area contributed by atoms with Gasteiger partial charge >= 0.3 is 0 Å². The molecule has 3 rings (SSSR count). The molecule has 0 aromatic carbocycles. The highest BCUT2D eigenvalue weighted by Crippen LogP contribution is 2.25. The van der Waals surface area contributed by atoms with Crippen molar-refractivity contribution in [3.05, 3.63) is 17.5 Å². The second-order valence-electron chi connectivity index (χ2n) is 5.37. The molecule has 3 heteroatoms. The van der Waals surface area contributed by atoms with Gasteiger partial charge in [0.2, 0.25) is 0 Å². The summed E-state index contributed by atoms with van der Waals surface area (Å²) in [5.41, 5.74) is 2.79. The summed E-state index contributed by atoms with van der Waals surface area (Å²) >= 11 is 0. The number of nitrogens with zero attached hydrogens (tertiary/aromatic N) is 1. The molecule has 1 heterocycles. The van der Waals surface area contributed by atoms with Crippen LogP contribution in [0, 0.1) is 5.92 Å². The molecule has 88 valence electrons. The lowest BCUT2D eigenvalue weighted by molar-refractivity contribution is 0.401. The molecule has 2 aliphatic carbocycles. The highest BCUT2D eigenvalue weighted by atomic mass is 15.1. The molecule has 1 atom stereocenters. The van der Waals surface area contributed by atoms with Crippen molar-refractivity contribution in [3.8, 4) is 0 Å². The Morgan fingerprint density at radius 3 is 3.06 bits per heavy atom. The molecule has 2 N–H and O–H groups in total. The number of nitrogens with one attached hydrogen (secondary N) is 2. The first-order valence-electron chi connectivity index (χ1n) is 6.66. The van der Waals surface area contributed by atoms with Crippen molar-refractivity contribution in [2.24, 2.45) is 5.92 Å². The van der Waals surface area contributed by atoms with Gasteiger partial charge in [0.15, 0.2) is 0 Å². The number of aromatic nitrogens is 2. The number of aromatic amines is 1. The molecule has 1 aromatic heterocycles. The van der Waals surface area contributed by atoms with Crippen LogP contribution in [0.5, 0.6) is 0 Å². The number of H-pyrrole nitrogens is 1. The lowest BCUT2D eigenvalue weighted by Crippen LogP contribution is -2.37. The largest absolute Gasteiger partial charge is 0.313 e. The SMILES string of the molecule is c1n[nH]c2c1CC(NCC1CCCC1)CC2. The van der Waals surface area contributed by atoms with Crippen molar-refractivity contribution in [3.63, 3.8) is 0 Å². The maximum absolute atomic E-state index is 4.12. The van der Waals surface area contributed by atoms with E-state index in [1.54, 1.807) is 0 Å². The second kappa shape index (κ2) is 4.58. The van der Waals surface area contributed by atoms with Crippen molar-refractivity contribution >= 4 is 0 Å². The highest BCUT2D eigenvalue weighted by molar-refractivity contribution is 5.21. The van der Waals surface area contributed by atoms with Gasteiger partial charge in [-0.05, 0) is 50.1 Å². The number of rotatable bonds is 3. The van der Waals surface area contributed by atoms with Gasteiger partial charge in [-0.15, -0.1) is 0 Å². The van der Waals surface area contributed by atoms with E-state index in [-0.39, 0.29) is 0 Å². The smallest absolute Gasteiger partial charge is 0.0522 e. The van der Waals surface area contributed by atoms with Crippen molar-refractivity contribution in [1.82, 2.24) is 15.5 Å². The number of hydrogen-bond acceptors (Lipinski definition) is 2. The first-order chi connectivity index (χ1) is 7.92. The average Bonchev–Trinajstić information content (AvgIpc) is 2.97. The molecule has 16 heavy (non-hydrogen) atoms. The summed E-state index contributed by atoms with van der Waals surface area (Å²) in [6.07, 6.45) is 11.4. The van der Waals surface area contributed by atoms with Gasteiger partial charge in [-0.25, -0.2) is 0 Å². The number of fused-ring (bicyclic) bond motifs is 1. The lowest BCUT2D eigenvalue weighted by Gasteiger charge is -2.24. The van der Waals surface area contributed by atoms with Crippen LogP contribution in [0.4, 0.5) is 0 Å². The normalized spacial score (nSPS) is 25.9. The summed E-state index contributed by atoms with van der Waals surface area (Å²) in [5, 5.41) is 11.0. The second-order valence-corrected chi connectivity index (χ2v) is 5.37. The fourth-order valence-corrected chi connectivity index (χ4v) is 3.14. The zero-order valence-corrected chi connectivity index (χ0v) is 9.84. The van der Waals surface area contributed by atoms with E-state index in [9.17, 15) is 0 Å². The molecule has 1 saturated carbocycles. The summed E-state index contributed by atoms with van der Waals surface area (Å²) < 4.78 is 0. The Morgan fingerprint density at radius 2 is 2.19 bits per heavy atom. The molecular weight excluding hydrogens is 198 g/mol. The zero-order chi connectivity index (χ0) is 10.8. The molecule has 2 aliphatic rings. The van der Waals surface area contributed by atoms with Crippen LogP contribution < -0.4 is 5.32 Å². The Kier molecular flexibility index (Phi) is 2.96. The summed E-state index contributed by atoms with van der Waals surface area (Å²) in [6, 6.07) is 0.686. The van der Waals surface area contributed by atoms with Crippen LogP contribution in [0.15, 0.2) is 6.20 Å². The third-order valence-corrected chi connectivity index (χ3v) is 4.19. The van der Waals surface area contributed by atoms with Crippen LogP contribution in [0.2, 0.25) is 0 Å². The van der Waals surface area contributed by atoms with E-state index in [4.69, 9.17) is 0 Å². The van der Waals surface area contributed by atoms with Crippen molar-refractivity contribution < 1.29 is 0 Å². The first kappa shape index (κ1) is 10.3. The van der Waals surface area contributed by atoms with Gasteiger partial charge in [0.05, 0.1) is 6.20 Å². The predicted octanol–water partition coefficient (Wildman–Crippen LogP) is 2.05. The molecule has 0 aliphatic heterocycles. The fourth-order valence-electron chi connectivity index (χ4n) is 3.14. The quantitative estimate of drug-likeness (QED) is 0.817. The molecule has 3 nitrogen and oxygen atoms in total. The predicted molar refractivity (Wildman–Crippen MR) is 64.4 cm³/mol. The minimum Gasteiger partial charge on any atom is -0.313 e. The Bertz CT molecular complexity index is 339. The summed E-state index contributed by atoms with van der Waals surface area (Å²) in [6.45, 7) is 1.23. The van der Waals surface area contributed by atoms with Gasteiger partial charge in [0.25, 0.3) is 0 Å². The van der Waals surface area contributed by atoms with E-state index in [0.717, 1.165) is 12.3 Å². The minimum atomic E-state index is 0.686. The van der Waals surface area contributed by atoms with E-state index in [2.05, 4.69) is 15.5 Å². The van der Waals surface area contributed by atoms with Crippen LogP contribution in [0.1, 0.15) is 43.4 Å². The molecule has 1 fully saturated rings. The van der Waals surface area contributed by atoms with Crippen LogP contribution in [0.3, 0.4) is 0 Å². The third kappa shape index (κ3) is 2.14. The molecule has 0 spiro atoms. The summed E-state index contributed by atoms with van der Waals surface area (Å²) in [7, 11) is 0. The molecule has 0 amide bonds. The third-order valence-electron chi connectivity index (χ3n) is 4.19. The standard InChI is InChI=1S/C13H21N3/c1-2-4-10(3-1)8-14-12-5-6-13-11(7-12)9-15-16-13/h9-10,12,14H,1-8H2,(H,15,16). The van der Waals surface area contributed by atoms with Gasteiger partial charge in [-0.1, -0.05) is 12.8 Å². The van der Waals surface area contributed by atoms with E-state index < -0.39 is 0 Å². The maximum Gasteiger partial charge on any atom is 0.0522 e. The van der Waals surface area contributed by atoms with E-state index in [1.165, 1.54) is 56.3 Å². The van der Waals surface area contributed by atoms with Crippen LogP contribution in [-0.2, 0) is 12.8 Å². The fraction of sp³-hybridized carbons (Fsp3) is 0.769. The van der Waals surface area contributed by atoms with Gasteiger partial charge in [-0.2, -0.15) is 5.10 Å². The molecule has 0 saturated heterocycles. The Hall–Kier alpha value is -0.830. The molecular formula is C13H21N3. The monoisotopic (exact) mass is 219 g/mol. The Labute approximate surface area is 97.0 Å². The average molecular weight is 219 g/mol. The first-order valence-corrected chi connectivity index (χ1v) is 6.66. The van der Waals surface area contributed by atoms with Crippen molar-refractivity contribution in [2.45, 2.75) is 51.0 Å².